The highest BCUT2D eigenvalue weighted by Gasteiger charge is 1.80. The summed E-state index contributed by atoms with van der Waals surface area (Å²) in [7, 11) is 0. The third-order valence-electron chi connectivity index (χ3n) is 0.599. The highest BCUT2D eigenvalue weighted by atomic mass is 35.5. The van der Waals surface area contributed by atoms with Gasteiger partial charge in [-0.2, -0.15) is 0 Å². The van der Waals surface area contributed by atoms with Crippen LogP contribution >= 0.6 is 11.6 Å². The lowest BCUT2D eigenvalue weighted by molar-refractivity contribution is 0.973. The first kappa shape index (κ1) is 5.72. The molecular weight excluding hydrogens is 144 g/mol. The van der Waals surface area contributed by atoms with E-state index in [1.54, 1.807) is 6.07 Å². The lowest BCUT2D eigenvalue weighted by Crippen LogP contribution is -1.82. The molecule has 0 bridgehead atoms. The van der Waals surface area contributed by atoms with Gasteiger partial charge in [0.1, 0.15) is 5.15 Å². The minimum absolute atomic E-state index is 0.289. The van der Waals surface area contributed by atoms with Crippen LogP contribution < -0.4 is 0 Å². The van der Waals surface area contributed by atoms with Gasteiger partial charge < -0.3 is 12.6 Å². The van der Waals surface area contributed by atoms with Crippen molar-refractivity contribution in [3.8, 4) is 0 Å². The first-order valence-corrected chi connectivity index (χ1v) is 2.73. The molecule has 0 saturated carbocycles. The van der Waals surface area contributed by atoms with Crippen LogP contribution in [0.3, 0.4) is 0 Å². The van der Waals surface area contributed by atoms with E-state index in [2.05, 4.69) is 22.6 Å². The highest BCUT2D eigenvalue weighted by Crippen LogP contribution is 2.00. The second-order valence-corrected chi connectivity index (χ2v) is 1.91. The van der Waals surface area contributed by atoms with Crippen LogP contribution in [0.2, 0.25) is 5.15 Å². The van der Waals surface area contributed by atoms with Gasteiger partial charge in [0.25, 0.3) is 0 Å². The predicted molar refractivity (Wildman–Crippen MR) is 32.7 cm³/mol. The molecule has 0 amide bonds. The second-order valence-electron chi connectivity index (χ2n) is 1.16. The zero-order valence-corrected chi connectivity index (χ0v) is 5.41. The normalized spacial score (nSPS) is 9.12. The number of hydrogen-bond acceptors (Lipinski definition) is 3. The summed E-state index contributed by atoms with van der Waals surface area (Å²) in [4.78, 5) is 7.30. The number of aromatic nitrogens is 2. The lowest BCUT2D eigenvalue weighted by atomic mass is 10.7. The van der Waals surface area contributed by atoms with Gasteiger partial charge in [-0.3, -0.25) is 4.98 Å². The van der Waals surface area contributed by atoms with E-state index < -0.39 is 0 Å². The Morgan fingerprint density at radius 2 is 2.38 bits per heavy atom. The molecule has 4 heteroatoms. The fourth-order valence-electron chi connectivity index (χ4n) is 0.320. The van der Waals surface area contributed by atoms with Crippen molar-refractivity contribution in [1.29, 1.82) is 0 Å². The van der Waals surface area contributed by atoms with Crippen LogP contribution in [0.5, 0.6) is 0 Å². The Kier molecular flexibility index (Phi) is 1.60. The van der Waals surface area contributed by atoms with Crippen molar-refractivity contribution in [2.75, 3.05) is 0 Å². The molecule has 0 radical (unpaired) electrons. The van der Waals surface area contributed by atoms with Crippen LogP contribution in [0.4, 0.5) is 0 Å². The summed E-state index contributed by atoms with van der Waals surface area (Å²) < 4.78 is 0. The molecule has 2 nitrogen and oxygen atoms in total. The topological polar surface area (TPSA) is 25.8 Å². The van der Waals surface area contributed by atoms with E-state index in [-0.39, 0.29) is 5.16 Å². The highest BCUT2D eigenvalue weighted by molar-refractivity contribution is 7.58. The molecule has 0 aliphatic rings. The molecule has 0 atom stereocenters. The lowest BCUT2D eigenvalue weighted by Gasteiger charge is -1.98. The summed E-state index contributed by atoms with van der Waals surface area (Å²) in [6, 6.07) is 1.58. The second kappa shape index (κ2) is 2.24. The summed E-state index contributed by atoms with van der Waals surface area (Å²) in [6.07, 6.45) is 1.53. The molecule has 8 heavy (non-hydrogen) atoms. The fourth-order valence-corrected chi connectivity index (χ4v) is 0.666. The molecule has 0 spiro atoms. The minimum Gasteiger partial charge on any atom is -0.740 e. The van der Waals surface area contributed by atoms with Crippen molar-refractivity contribution < 1.29 is 0 Å². The van der Waals surface area contributed by atoms with E-state index in [1.165, 1.54) is 6.20 Å². The Morgan fingerprint density at radius 3 is 2.75 bits per heavy atom. The molecule has 1 aromatic heterocycles. The van der Waals surface area contributed by atoms with Crippen molar-refractivity contribution >= 4 is 24.2 Å². The zero-order chi connectivity index (χ0) is 5.98. The molecule has 0 aromatic carbocycles. The third-order valence-corrected chi connectivity index (χ3v) is 1.01. The van der Waals surface area contributed by atoms with Crippen LogP contribution in [0.25, 0.3) is 0 Å². The average molecular weight is 146 g/mol. The minimum atomic E-state index is 0.289. The Labute approximate surface area is 57.3 Å². The third kappa shape index (κ3) is 1.28. The standard InChI is InChI=1S/C4H3ClN2S/c5-3-1-2-6-4(8)7-3/h1-2H,(H,6,7,8)/p-1. The molecule has 1 aromatic rings. The van der Waals surface area contributed by atoms with Crippen molar-refractivity contribution in [2.24, 2.45) is 0 Å². The van der Waals surface area contributed by atoms with Crippen LogP contribution in [-0.2, 0) is 12.6 Å². The van der Waals surface area contributed by atoms with Crippen LogP contribution in [-0.4, -0.2) is 9.97 Å². The molecule has 0 fully saturated rings. The molecule has 0 unspecified atom stereocenters. The maximum Gasteiger partial charge on any atom is 0.130 e. The van der Waals surface area contributed by atoms with Crippen LogP contribution in [0, 0.1) is 0 Å². The van der Waals surface area contributed by atoms with Gasteiger partial charge in [0.2, 0.25) is 0 Å². The maximum atomic E-state index is 5.43. The van der Waals surface area contributed by atoms with Gasteiger partial charge in [-0.15, -0.1) is 0 Å². The quantitative estimate of drug-likeness (QED) is 0.310. The SMILES string of the molecule is [S-]c1nccc(Cl)n1. The summed E-state index contributed by atoms with van der Waals surface area (Å²) >= 11 is 10.0. The Hall–Kier alpha value is -0.410. The van der Waals surface area contributed by atoms with E-state index in [4.69, 9.17) is 11.6 Å². The Bertz CT molecular complexity index is 174. The summed E-state index contributed by atoms with van der Waals surface area (Å²) in [5.74, 6) is 0. The van der Waals surface area contributed by atoms with Crippen molar-refractivity contribution in [3.05, 3.63) is 17.4 Å². The molecule has 0 saturated heterocycles. The van der Waals surface area contributed by atoms with Crippen LogP contribution in [0.1, 0.15) is 0 Å². The van der Waals surface area contributed by atoms with Crippen molar-refractivity contribution in [1.82, 2.24) is 9.97 Å². The first-order valence-electron chi connectivity index (χ1n) is 1.94. The molecule has 1 rings (SSSR count). The van der Waals surface area contributed by atoms with Gasteiger partial charge in [0, 0.05) is 11.4 Å². The molecule has 0 aliphatic carbocycles. The summed E-state index contributed by atoms with van der Waals surface area (Å²) in [5.41, 5.74) is 0. The van der Waals surface area contributed by atoms with Gasteiger partial charge in [0.15, 0.2) is 0 Å². The van der Waals surface area contributed by atoms with Gasteiger partial charge in [-0.25, -0.2) is 4.98 Å². The summed E-state index contributed by atoms with van der Waals surface area (Å²) in [5, 5.41) is 0.683. The Morgan fingerprint density at radius 1 is 1.62 bits per heavy atom. The van der Waals surface area contributed by atoms with Gasteiger partial charge >= 0.3 is 0 Å². The fraction of sp³-hybridized carbons (Fsp3) is 0. The molecular formula is C4H2ClN2S-. The Balaban J connectivity index is 3.08. The molecule has 0 N–H and O–H groups in total. The smallest absolute Gasteiger partial charge is 0.130 e. The largest absolute Gasteiger partial charge is 0.740 e. The van der Waals surface area contributed by atoms with Gasteiger partial charge in [-0.05, 0) is 6.07 Å². The zero-order valence-electron chi connectivity index (χ0n) is 3.84. The number of halogens is 1. The van der Waals surface area contributed by atoms with E-state index in [0.29, 0.717) is 5.15 Å². The monoisotopic (exact) mass is 145 g/mol. The molecule has 0 aliphatic heterocycles. The number of hydrogen-bond donors (Lipinski definition) is 0. The van der Waals surface area contributed by atoms with Crippen molar-refractivity contribution in [3.63, 3.8) is 0 Å². The van der Waals surface area contributed by atoms with Gasteiger partial charge in [-0.1, -0.05) is 11.6 Å². The average Bonchev–Trinajstić information content (AvgIpc) is 1.64. The first-order chi connectivity index (χ1) is 3.79. The molecule has 42 valence electrons. The van der Waals surface area contributed by atoms with Gasteiger partial charge in [0.05, 0.1) is 0 Å². The van der Waals surface area contributed by atoms with E-state index in [0.717, 1.165) is 0 Å². The van der Waals surface area contributed by atoms with E-state index in [1.807, 2.05) is 0 Å². The van der Waals surface area contributed by atoms with Crippen LogP contribution in [0.15, 0.2) is 17.4 Å². The maximum absolute atomic E-state index is 5.43. The number of nitrogens with zero attached hydrogens (tertiary/aromatic N) is 2. The van der Waals surface area contributed by atoms with E-state index in [9.17, 15) is 0 Å². The molecule has 1 heterocycles. The van der Waals surface area contributed by atoms with E-state index >= 15 is 0 Å². The number of rotatable bonds is 0. The van der Waals surface area contributed by atoms with Crippen molar-refractivity contribution in [2.45, 2.75) is 5.16 Å². The summed E-state index contributed by atoms with van der Waals surface area (Å²) in [6.45, 7) is 0. The predicted octanol–water partition coefficient (Wildman–Crippen LogP) is 1.04.